The van der Waals surface area contributed by atoms with Crippen LogP contribution in [0.3, 0.4) is 0 Å². The van der Waals surface area contributed by atoms with Crippen molar-refractivity contribution in [3.63, 3.8) is 0 Å². The maximum atomic E-state index is 12.3. The fraction of sp³-hybridized carbons (Fsp3) is 0.462. The highest BCUT2D eigenvalue weighted by atomic mass is 127. The Balaban J connectivity index is 1.80. The van der Waals surface area contributed by atoms with Crippen molar-refractivity contribution in [2.75, 3.05) is 6.54 Å². The Morgan fingerprint density at radius 3 is 2.56 bits per heavy atom. The predicted octanol–water partition coefficient (Wildman–Crippen LogP) is 2.92. The van der Waals surface area contributed by atoms with E-state index in [0.29, 0.717) is 6.04 Å². The second kappa shape index (κ2) is 4.02. The van der Waals surface area contributed by atoms with Crippen molar-refractivity contribution < 1.29 is 4.79 Å². The number of carbonyl (C=O) groups excluding carboxylic acids is 1. The number of halogens is 1. The fourth-order valence-corrected chi connectivity index (χ4v) is 3.29. The van der Waals surface area contributed by atoms with E-state index in [4.69, 9.17) is 0 Å². The molecule has 2 atom stereocenters. The number of hydrogen-bond donors (Lipinski definition) is 0. The molecule has 2 bridgehead atoms. The number of hydrogen-bond acceptors (Lipinski definition) is 1. The summed E-state index contributed by atoms with van der Waals surface area (Å²) in [5.41, 5.74) is 0.841. The molecule has 1 saturated carbocycles. The standard InChI is InChI=1S/C13H14INO/c14-11-4-2-10(3-5-11)13(16)15-8-9-1-6-12(15)7-9/h2-5,9,12H,1,6-8H2. The molecular formula is C13H14INO. The molecule has 3 heteroatoms. The Morgan fingerprint density at radius 2 is 2.00 bits per heavy atom. The molecule has 0 aromatic heterocycles. The Labute approximate surface area is 109 Å². The van der Waals surface area contributed by atoms with Crippen molar-refractivity contribution in [3.8, 4) is 0 Å². The second-order valence-electron chi connectivity index (χ2n) is 4.80. The Morgan fingerprint density at radius 1 is 1.25 bits per heavy atom. The Kier molecular flexibility index (Phi) is 2.65. The van der Waals surface area contributed by atoms with Gasteiger partial charge in [-0.3, -0.25) is 4.79 Å². The van der Waals surface area contributed by atoms with Crippen molar-refractivity contribution >= 4 is 28.5 Å². The third kappa shape index (κ3) is 1.75. The molecule has 1 aromatic rings. The van der Waals surface area contributed by atoms with E-state index in [2.05, 4.69) is 27.5 Å². The molecule has 84 valence electrons. The summed E-state index contributed by atoms with van der Waals surface area (Å²) < 4.78 is 1.18. The summed E-state index contributed by atoms with van der Waals surface area (Å²) in [7, 11) is 0. The maximum absolute atomic E-state index is 12.3. The molecule has 2 nitrogen and oxygen atoms in total. The lowest BCUT2D eigenvalue weighted by Crippen LogP contribution is -2.37. The van der Waals surface area contributed by atoms with Crippen LogP contribution >= 0.6 is 22.6 Å². The largest absolute Gasteiger partial charge is 0.335 e. The van der Waals surface area contributed by atoms with Gasteiger partial charge >= 0.3 is 0 Å². The van der Waals surface area contributed by atoms with E-state index in [0.717, 1.165) is 18.0 Å². The molecule has 1 aromatic carbocycles. The lowest BCUT2D eigenvalue weighted by Gasteiger charge is -2.27. The van der Waals surface area contributed by atoms with Gasteiger partial charge in [0.1, 0.15) is 0 Å². The number of fused-ring (bicyclic) bond motifs is 2. The molecule has 1 amide bonds. The van der Waals surface area contributed by atoms with Crippen molar-refractivity contribution in [1.82, 2.24) is 4.90 Å². The summed E-state index contributed by atoms with van der Waals surface area (Å²) in [5.74, 6) is 1.00. The zero-order chi connectivity index (χ0) is 11.1. The molecule has 2 aliphatic rings. The molecule has 0 N–H and O–H groups in total. The fourth-order valence-electron chi connectivity index (χ4n) is 2.93. The first-order valence-electron chi connectivity index (χ1n) is 5.80. The average Bonchev–Trinajstić information content (AvgIpc) is 2.91. The summed E-state index contributed by atoms with van der Waals surface area (Å²) in [6, 6.07) is 8.41. The monoisotopic (exact) mass is 327 g/mol. The number of amides is 1. The highest BCUT2D eigenvalue weighted by Gasteiger charge is 2.40. The van der Waals surface area contributed by atoms with Crippen LogP contribution in [0.2, 0.25) is 0 Å². The summed E-state index contributed by atoms with van der Waals surface area (Å²) >= 11 is 2.26. The number of likely N-dealkylation sites (tertiary alicyclic amines) is 1. The minimum atomic E-state index is 0.226. The topological polar surface area (TPSA) is 20.3 Å². The van der Waals surface area contributed by atoms with Crippen molar-refractivity contribution in [2.45, 2.75) is 25.3 Å². The van der Waals surface area contributed by atoms with Crippen LogP contribution in [-0.4, -0.2) is 23.4 Å². The predicted molar refractivity (Wildman–Crippen MR) is 71.3 cm³/mol. The van der Waals surface area contributed by atoms with Crippen molar-refractivity contribution in [2.24, 2.45) is 5.92 Å². The number of rotatable bonds is 1. The van der Waals surface area contributed by atoms with Gasteiger partial charge in [0.05, 0.1) is 0 Å². The van der Waals surface area contributed by atoms with Crippen LogP contribution in [0.1, 0.15) is 29.6 Å². The van der Waals surface area contributed by atoms with Crippen LogP contribution in [0.5, 0.6) is 0 Å². The van der Waals surface area contributed by atoms with Gasteiger partial charge in [0, 0.05) is 21.7 Å². The van der Waals surface area contributed by atoms with Gasteiger partial charge in [-0.1, -0.05) is 0 Å². The van der Waals surface area contributed by atoms with Crippen LogP contribution in [-0.2, 0) is 0 Å². The first kappa shape index (κ1) is 10.6. The van der Waals surface area contributed by atoms with Crippen LogP contribution in [0.4, 0.5) is 0 Å². The Hall–Kier alpha value is -0.580. The number of nitrogens with zero attached hydrogens (tertiary/aromatic N) is 1. The average molecular weight is 327 g/mol. The number of piperidine rings is 1. The third-order valence-corrected chi connectivity index (χ3v) is 4.48. The molecule has 0 radical (unpaired) electrons. The molecule has 1 aliphatic carbocycles. The minimum absolute atomic E-state index is 0.226. The maximum Gasteiger partial charge on any atom is 0.254 e. The molecule has 16 heavy (non-hydrogen) atoms. The molecule has 0 spiro atoms. The molecule has 3 rings (SSSR count). The lowest BCUT2D eigenvalue weighted by molar-refractivity contribution is 0.0703. The number of benzene rings is 1. The van der Waals surface area contributed by atoms with Gasteiger partial charge in [-0.05, 0) is 72.0 Å². The van der Waals surface area contributed by atoms with Gasteiger partial charge in [-0.2, -0.15) is 0 Å². The Bertz CT molecular complexity index is 414. The van der Waals surface area contributed by atoms with Crippen LogP contribution in [0.25, 0.3) is 0 Å². The van der Waals surface area contributed by atoms with Gasteiger partial charge in [0.2, 0.25) is 0 Å². The van der Waals surface area contributed by atoms with Gasteiger partial charge in [-0.15, -0.1) is 0 Å². The third-order valence-electron chi connectivity index (χ3n) is 3.76. The van der Waals surface area contributed by atoms with Crippen LogP contribution < -0.4 is 0 Å². The molecule has 1 aliphatic heterocycles. The van der Waals surface area contributed by atoms with Crippen molar-refractivity contribution in [3.05, 3.63) is 33.4 Å². The van der Waals surface area contributed by atoms with Crippen LogP contribution in [0.15, 0.2) is 24.3 Å². The van der Waals surface area contributed by atoms with E-state index < -0.39 is 0 Å². The van der Waals surface area contributed by atoms with E-state index >= 15 is 0 Å². The summed E-state index contributed by atoms with van der Waals surface area (Å²) in [6.07, 6.45) is 3.76. The zero-order valence-corrected chi connectivity index (χ0v) is 11.2. The summed E-state index contributed by atoms with van der Waals surface area (Å²) in [4.78, 5) is 14.4. The van der Waals surface area contributed by atoms with Gasteiger partial charge in [0.25, 0.3) is 5.91 Å². The highest BCUT2D eigenvalue weighted by molar-refractivity contribution is 14.1. The summed E-state index contributed by atoms with van der Waals surface area (Å²) in [5, 5.41) is 0. The van der Waals surface area contributed by atoms with E-state index in [9.17, 15) is 4.79 Å². The number of carbonyl (C=O) groups is 1. The second-order valence-corrected chi connectivity index (χ2v) is 6.04. The molecular weight excluding hydrogens is 313 g/mol. The van der Waals surface area contributed by atoms with Gasteiger partial charge < -0.3 is 4.90 Å². The van der Waals surface area contributed by atoms with Crippen LogP contribution in [0, 0.1) is 9.49 Å². The molecule has 2 fully saturated rings. The minimum Gasteiger partial charge on any atom is -0.335 e. The van der Waals surface area contributed by atoms with Crippen molar-refractivity contribution in [1.29, 1.82) is 0 Å². The van der Waals surface area contributed by atoms with E-state index in [1.165, 1.54) is 22.8 Å². The molecule has 1 saturated heterocycles. The zero-order valence-electron chi connectivity index (χ0n) is 9.03. The van der Waals surface area contributed by atoms with E-state index in [-0.39, 0.29) is 5.91 Å². The first-order chi connectivity index (χ1) is 7.74. The normalized spacial score (nSPS) is 27.4. The van der Waals surface area contributed by atoms with Gasteiger partial charge in [-0.25, -0.2) is 0 Å². The molecule has 1 heterocycles. The molecule has 2 unspecified atom stereocenters. The SMILES string of the molecule is O=C(c1ccc(I)cc1)N1CC2CCC1C2. The summed E-state index contributed by atoms with van der Waals surface area (Å²) in [6.45, 7) is 0.982. The van der Waals surface area contributed by atoms with Gasteiger partial charge in [0.15, 0.2) is 0 Å². The van der Waals surface area contributed by atoms with E-state index in [1.807, 2.05) is 24.3 Å². The first-order valence-corrected chi connectivity index (χ1v) is 6.88. The quantitative estimate of drug-likeness (QED) is 0.727. The smallest absolute Gasteiger partial charge is 0.254 e. The lowest BCUT2D eigenvalue weighted by atomic mass is 10.1. The van der Waals surface area contributed by atoms with E-state index in [1.54, 1.807) is 0 Å². The highest BCUT2D eigenvalue weighted by Crippen LogP contribution is 2.38.